The molecule has 0 radical (unpaired) electrons. The van der Waals surface area contributed by atoms with E-state index < -0.39 is 19.4 Å². The predicted molar refractivity (Wildman–Crippen MR) is 85.7 cm³/mol. The summed E-state index contributed by atoms with van der Waals surface area (Å²) in [7, 11) is 17.7. The molecule has 3 rings (SSSR count). The van der Waals surface area contributed by atoms with Gasteiger partial charge in [0.2, 0.25) is 0 Å². The molecule has 22 heavy (non-hydrogen) atoms. The van der Waals surface area contributed by atoms with Crippen LogP contribution in [-0.2, 0) is 25.8 Å². The van der Waals surface area contributed by atoms with Crippen molar-refractivity contribution in [1.82, 2.24) is 0 Å². The van der Waals surface area contributed by atoms with Crippen LogP contribution in [-0.4, -0.2) is 21.3 Å². The zero-order valence-electron chi connectivity index (χ0n) is 12.5. The van der Waals surface area contributed by atoms with Gasteiger partial charge in [-0.25, -0.2) is 0 Å². The van der Waals surface area contributed by atoms with E-state index in [1.807, 2.05) is 12.1 Å². The molecule has 115 valence electrons. The summed E-state index contributed by atoms with van der Waals surface area (Å²) < 4.78 is 17.3. The standard InChI is InChI=1S/C16H15O3.2ClH.Zr/c1-17-12-4-5-13-10(7-12)6-11-8-15(18-2)16(19-3)9-14(11)13;;;/h4-5,7,9H,6H2,1-3H3;2*1H;/q;;;+2/p-2. The normalized spacial score (nSPS) is 11.7. The van der Waals surface area contributed by atoms with Crippen molar-refractivity contribution in [2.75, 3.05) is 21.3 Å². The summed E-state index contributed by atoms with van der Waals surface area (Å²) in [5, 5.41) is 0. The quantitative estimate of drug-likeness (QED) is 0.646. The topological polar surface area (TPSA) is 27.7 Å². The van der Waals surface area contributed by atoms with Crippen molar-refractivity contribution in [3.63, 3.8) is 0 Å². The van der Waals surface area contributed by atoms with Crippen LogP contribution in [0.25, 0.3) is 11.1 Å². The number of hydrogen-bond acceptors (Lipinski definition) is 3. The molecule has 0 amide bonds. The Bertz CT molecular complexity index is 732. The number of methoxy groups -OCH3 is 3. The Morgan fingerprint density at radius 3 is 2.32 bits per heavy atom. The molecule has 0 saturated heterocycles. The average molecular weight is 417 g/mol. The monoisotopic (exact) mass is 415 g/mol. The molecule has 1 aliphatic rings. The van der Waals surface area contributed by atoms with Gasteiger partial charge in [0, 0.05) is 0 Å². The van der Waals surface area contributed by atoms with Gasteiger partial charge >= 0.3 is 145 Å². The fourth-order valence-electron chi connectivity index (χ4n) is 2.95. The third kappa shape index (κ3) is 2.56. The van der Waals surface area contributed by atoms with E-state index in [2.05, 4.69) is 12.1 Å². The van der Waals surface area contributed by atoms with Crippen molar-refractivity contribution in [3.8, 4) is 28.4 Å². The first kappa shape index (κ1) is 16.2. The second-order valence-electron chi connectivity index (χ2n) is 4.97. The van der Waals surface area contributed by atoms with Gasteiger partial charge in [-0.3, -0.25) is 0 Å². The molecule has 1 aliphatic carbocycles. The number of hydrogen-bond donors (Lipinski definition) is 0. The first-order chi connectivity index (χ1) is 10.6. The average Bonchev–Trinajstić information content (AvgIpc) is 2.89. The van der Waals surface area contributed by atoms with E-state index in [0.29, 0.717) is 11.5 Å². The molecule has 0 heterocycles. The molecule has 0 aromatic heterocycles. The summed E-state index contributed by atoms with van der Waals surface area (Å²) in [5.41, 5.74) is 4.69. The third-order valence-electron chi connectivity index (χ3n) is 3.94. The van der Waals surface area contributed by atoms with Gasteiger partial charge < -0.3 is 0 Å². The number of halogens is 2. The van der Waals surface area contributed by atoms with Crippen molar-refractivity contribution in [3.05, 3.63) is 35.4 Å². The van der Waals surface area contributed by atoms with E-state index >= 15 is 0 Å². The number of ether oxygens (including phenoxy) is 3. The summed E-state index contributed by atoms with van der Waals surface area (Å²) in [6.07, 6.45) is 0.793. The van der Waals surface area contributed by atoms with Gasteiger partial charge in [-0.15, -0.1) is 0 Å². The van der Waals surface area contributed by atoms with Gasteiger partial charge in [0.1, 0.15) is 0 Å². The maximum atomic E-state index is 6.40. The SMILES string of the molecule is COc1ccc2c(c1)Cc1c-2cc(OC)c(OC)[c]1[Zr]([Cl])[Cl]. The van der Waals surface area contributed by atoms with Crippen LogP contribution in [0.1, 0.15) is 11.1 Å². The Hall–Kier alpha value is -0.697. The molecular weight excluding hydrogens is 402 g/mol. The first-order valence-electron chi connectivity index (χ1n) is 6.74. The van der Waals surface area contributed by atoms with Crippen molar-refractivity contribution in [2.45, 2.75) is 6.42 Å². The predicted octanol–water partition coefficient (Wildman–Crippen LogP) is 3.83. The molecule has 0 aliphatic heterocycles. The Kier molecular flexibility index (Phi) is 4.73. The van der Waals surface area contributed by atoms with Crippen LogP contribution in [0.4, 0.5) is 0 Å². The number of rotatable bonds is 4. The molecule has 0 bridgehead atoms. The van der Waals surface area contributed by atoms with E-state index in [-0.39, 0.29) is 0 Å². The van der Waals surface area contributed by atoms with E-state index in [1.54, 1.807) is 21.3 Å². The molecule has 0 unspecified atom stereocenters. The zero-order chi connectivity index (χ0) is 15.9. The van der Waals surface area contributed by atoms with Crippen LogP contribution in [0.5, 0.6) is 17.2 Å². The summed E-state index contributed by atoms with van der Waals surface area (Å²) in [4.78, 5) is 0. The molecule has 0 spiro atoms. The molecule has 2 aromatic carbocycles. The van der Waals surface area contributed by atoms with Crippen LogP contribution in [0.15, 0.2) is 24.3 Å². The van der Waals surface area contributed by atoms with Crippen molar-refractivity contribution >= 4 is 20.3 Å². The Morgan fingerprint density at radius 2 is 1.73 bits per heavy atom. The van der Waals surface area contributed by atoms with E-state index in [9.17, 15) is 0 Å². The van der Waals surface area contributed by atoms with Gasteiger partial charge in [0.25, 0.3) is 0 Å². The Labute approximate surface area is 144 Å². The number of benzene rings is 2. The van der Waals surface area contributed by atoms with Crippen LogP contribution >= 0.6 is 17.0 Å². The van der Waals surface area contributed by atoms with Crippen LogP contribution < -0.4 is 17.5 Å². The molecule has 3 nitrogen and oxygen atoms in total. The van der Waals surface area contributed by atoms with E-state index in [0.717, 1.165) is 21.0 Å². The molecule has 0 saturated carbocycles. The second-order valence-corrected chi connectivity index (χ2v) is 13.1. The summed E-state index contributed by atoms with van der Waals surface area (Å²) in [5.74, 6) is 2.21. The summed E-state index contributed by atoms with van der Waals surface area (Å²) >= 11 is -2.71. The maximum absolute atomic E-state index is 6.40. The molecule has 2 aromatic rings. The minimum atomic E-state index is -2.71. The third-order valence-corrected chi connectivity index (χ3v) is 8.40. The fourth-order valence-corrected chi connectivity index (χ4v) is 7.40. The van der Waals surface area contributed by atoms with Crippen LogP contribution in [0.3, 0.4) is 0 Å². The molecule has 0 N–H and O–H groups in total. The van der Waals surface area contributed by atoms with Gasteiger partial charge in [0.05, 0.1) is 0 Å². The zero-order valence-corrected chi connectivity index (χ0v) is 16.5. The first-order valence-corrected chi connectivity index (χ1v) is 14.3. The molecule has 0 atom stereocenters. The van der Waals surface area contributed by atoms with E-state index in [4.69, 9.17) is 31.2 Å². The molecule has 6 heteroatoms. The van der Waals surface area contributed by atoms with Gasteiger partial charge in [-0.2, -0.15) is 0 Å². The van der Waals surface area contributed by atoms with Crippen molar-refractivity contribution in [2.24, 2.45) is 0 Å². The van der Waals surface area contributed by atoms with Crippen molar-refractivity contribution < 1.29 is 33.6 Å². The van der Waals surface area contributed by atoms with Crippen LogP contribution in [0, 0.1) is 0 Å². The van der Waals surface area contributed by atoms with Crippen LogP contribution in [0.2, 0.25) is 0 Å². The summed E-state index contributed by atoms with van der Waals surface area (Å²) in [6.45, 7) is 0. The minimum absolute atomic E-state index is 0.680. The summed E-state index contributed by atoms with van der Waals surface area (Å²) in [6, 6.07) is 8.10. The number of fused-ring (bicyclic) bond motifs is 3. The van der Waals surface area contributed by atoms with Gasteiger partial charge in [-0.05, 0) is 0 Å². The Morgan fingerprint density at radius 1 is 0.955 bits per heavy atom. The fraction of sp³-hybridized carbons (Fsp3) is 0.250. The van der Waals surface area contributed by atoms with Crippen molar-refractivity contribution in [1.29, 1.82) is 0 Å². The molecule has 0 fully saturated rings. The second kappa shape index (κ2) is 6.43. The molecular formula is C16H15Cl2O3Zr. The van der Waals surface area contributed by atoms with Gasteiger partial charge in [-0.1, -0.05) is 0 Å². The van der Waals surface area contributed by atoms with Gasteiger partial charge in [0.15, 0.2) is 0 Å². The Balaban J connectivity index is 2.25. The van der Waals surface area contributed by atoms with E-state index in [1.165, 1.54) is 16.7 Å².